The molecule has 0 saturated heterocycles. The predicted octanol–water partition coefficient (Wildman–Crippen LogP) is 8.26. The quantitative estimate of drug-likeness (QED) is 0.131. The highest BCUT2D eigenvalue weighted by Crippen LogP contribution is 2.38. The van der Waals surface area contributed by atoms with Crippen molar-refractivity contribution in [2.75, 3.05) is 10.6 Å². The van der Waals surface area contributed by atoms with Crippen LogP contribution in [-0.4, -0.2) is 31.5 Å². The zero-order chi connectivity index (χ0) is 35.0. The number of nitrogens with zero attached hydrogens (tertiary/aromatic N) is 4. The van der Waals surface area contributed by atoms with Gasteiger partial charge in [-0.3, -0.25) is 14.5 Å². The number of nitrogens with one attached hydrogen (secondary N) is 2. The number of rotatable bonds is 13. The van der Waals surface area contributed by atoms with E-state index in [0.29, 0.717) is 48.0 Å². The first-order valence-electron chi connectivity index (χ1n) is 16.8. The maximum Gasteiger partial charge on any atom is 0.323 e. The molecule has 3 aromatic heterocycles. The molecule has 0 saturated carbocycles. The number of hydrogen-bond acceptors (Lipinski definition) is 6. The van der Waals surface area contributed by atoms with Crippen molar-refractivity contribution in [1.82, 2.24) is 19.3 Å². The monoisotopic (exact) mass is 662 g/mol. The second kappa shape index (κ2) is 15.7. The molecule has 2 aromatic carbocycles. The van der Waals surface area contributed by atoms with Crippen LogP contribution in [0.5, 0.6) is 11.5 Å². The number of hydrogen-bond donors (Lipinski definition) is 2. The van der Waals surface area contributed by atoms with Gasteiger partial charge in [-0.25, -0.2) is 4.79 Å². The van der Waals surface area contributed by atoms with Gasteiger partial charge in [-0.15, -0.1) is 0 Å². The Kier molecular flexibility index (Phi) is 11.2. The number of pyridine rings is 2. The van der Waals surface area contributed by atoms with Crippen LogP contribution in [0, 0.1) is 0 Å². The van der Waals surface area contributed by atoms with E-state index in [9.17, 15) is 9.59 Å². The molecule has 0 unspecified atom stereocenters. The van der Waals surface area contributed by atoms with Gasteiger partial charge in [0, 0.05) is 59.9 Å². The zero-order valence-corrected chi connectivity index (χ0v) is 29.2. The number of carbonyl (C=O) groups excluding carboxylic acids is 1. The smallest absolute Gasteiger partial charge is 0.323 e. The number of aryl methyl sites for hydroxylation is 1. The van der Waals surface area contributed by atoms with E-state index in [0.717, 1.165) is 29.5 Å². The maximum absolute atomic E-state index is 14.1. The highest BCUT2D eigenvalue weighted by molar-refractivity contribution is 6.03. The fraction of sp³-hybridized carbons (Fsp3) is 0.333. The van der Waals surface area contributed by atoms with Gasteiger partial charge in [-0.1, -0.05) is 52.3 Å². The lowest BCUT2D eigenvalue weighted by molar-refractivity contribution is 0.242. The Morgan fingerprint density at radius 1 is 0.939 bits per heavy atom. The largest absolute Gasteiger partial charge is 0.490 e. The van der Waals surface area contributed by atoms with Crippen LogP contribution in [0.15, 0.2) is 96.4 Å². The lowest BCUT2D eigenvalue weighted by Crippen LogP contribution is -2.29. The molecule has 3 heterocycles. The van der Waals surface area contributed by atoms with Crippen LogP contribution in [0.4, 0.5) is 16.2 Å². The molecule has 2 amide bonds. The summed E-state index contributed by atoms with van der Waals surface area (Å²) in [6, 6.07) is 18.6. The van der Waals surface area contributed by atoms with E-state index >= 15 is 0 Å². The SMILES string of the molecule is CCCCn1ccc(-c2cc(OCc3cccnc3)ccc2OC(C)C)c(NC(=O)Nc2cc(Cn3cccn3)ccc2C(C)(C)C)c1=O. The number of ether oxygens (including phenoxy) is 2. The molecular formula is C39H46N6O4. The average Bonchev–Trinajstić information content (AvgIpc) is 3.57. The third kappa shape index (κ3) is 9.16. The minimum atomic E-state index is -0.524. The number of amides is 2. The number of urea groups is 1. The second-order valence-corrected chi connectivity index (χ2v) is 13.3. The van der Waals surface area contributed by atoms with Gasteiger partial charge in [-0.2, -0.15) is 5.10 Å². The molecule has 0 spiro atoms. The Morgan fingerprint density at radius 3 is 2.47 bits per heavy atom. The van der Waals surface area contributed by atoms with Crippen molar-refractivity contribution in [1.29, 1.82) is 0 Å². The van der Waals surface area contributed by atoms with Crippen LogP contribution >= 0.6 is 0 Å². The van der Waals surface area contributed by atoms with Gasteiger partial charge in [0.1, 0.15) is 23.8 Å². The van der Waals surface area contributed by atoms with E-state index in [1.165, 1.54) is 0 Å². The normalized spacial score (nSPS) is 11.4. The van der Waals surface area contributed by atoms with Crippen LogP contribution < -0.4 is 25.7 Å². The van der Waals surface area contributed by atoms with Crippen molar-refractivity contribution >= 4 is 17.4 Å². The molecule has 5 aromatic rings. The summed E-state index contributed by atoms with van der Waals surface area (Å²) in [5.74, 6) is 1.16. The molecule has 0 radical (unpaired) electrons. The fourth-order valence-corrected chi connectivity index (χ4v) is 5.54. The number of anilines is 2. The van der Waals surface area contributed by atoms with Crippen molar-refractivity contribution in [3.8, 4) is 22.6 Å². The van der Waals surface area contributed by atoms with Gasteiger partial charge < -0.3 is 24.7 Å². The standard InChI is InChI=1S/C39H46N6O4/c1-7-8-19-44-21-16-31(32-23-30(13-15-35(32)49-27(2)3)48-26-29-11-9-17-40-24-29)36(37(44)46)43-38(47)42-34-22-28(25-45-20-10-18-41-45)12-14-33(34)39(4,5)6/h9-18,20-24,27H,7-8,19,25-26H2,1-6H3,(H2,42,43,47). The van der Waals surface area contributed by atoms with E-state index in [1.54, 1.807) is 29.4 Å². The van der Waals surface area contributed by atoms with E-state index < -0.39 is 6.03 Å². The Labute approximate surface area is 288 Å². The first-order valence-corrected chi connectivity index (χ1v) is 16.8. The minimum absolute atomic E-state index is 0.129. The third-order valence-electron chi connectivity index (χ3n) is 7.93. The summed E-state index contributed by atoms with van der Waals surface area (Å²) in [7, 11) is 0. The Bertz CT molecular complexity index is 1910. The first kappa shape index (κ1) is 34.9. The van der Waals surface area contributed by atoms with E-state index in [4.69, 9.17) is 9.47 Å². The zero-order valence-electron chi connectivity index (χ0n) is 29.2. The van der Waals surface area contributed by atoms with Crippen molar-refractivity contribution in [2.24, 2.45) is 0 Å². The van der Waals surface area contributed by atoms with Gasteiger partial charge in [0.05, 0.1) is 12.6 Å². The molecule has 10 heteroatoms. The lowest BCUT2D eigenvalue weighted by Gasteiger charge is -2.24. The van der Waals surface area contributed by atoms with Crippen molar-refractivity contribution < 1.29 is 14.3 Å². The molecule has 10 nitrogen and oxygen atoms in total. The molecule has 256 valence electrons. The van der Waals surface area contributed by atoms with Gasteiger partial charge in [0.2, 0.25) is 0 Å². The summed E-state index contributed by atoms with van der Waals surface area (Å²) < 4.78 is 15.8. The van der Waals surface area contributed by atoms with Crippen molar-refractivity contribution in [3.05, 3.63) is 119 Å². The van der Waals surface area contributed by atoms with E-state index in [1.807, 2.05) is 85.4 Å². The van der Waals surface area contributed by atoms with Crippen LogP contribution in [-0.2, 0) is 25.1 Å². The Hall–Kier alpha value is -5.38. The number of carbonyl (C=O) groups is 1. The summed E-state index contributed by atoms with van der Waals surface area (Å²) in [5, 5.41) is 10.3. The number of unbranched alkanes of at least 4 members (excludes halogenated alkanes) is 1. The lowest BCUT2D eigenvalue weighted by atomic mass is 9.85. The summed E-state index contributed by atoms with van der Waals surface area (Å²) in [6.07, 6.45) is 10.5. The summed E-state index contributed by atoms with van der Waals surface area (Å²) in [5.41, 5.74) is 4.28. The van der Waals surface area contributed by atoms with Crippen molar-refractivity contribution in [2.45, 2.75) is 85.6 Å². The minimum Gasteiger partial charge on any atom is -0.490 e. The Morgan fingerprint density at radius 2 is 1.78 bits per heavy atom. The highest BCUT2D eigenvalue weighted by Gasteiger charge is 2.23. The molecule has 0 aliphatic rings. The molecule has 2 N–H and O–H groups in total. The second-order valence-electron chi connectivity index (χ2n) is 13.3. The maximum atomic E-state index is 14.1. The molecule has 49 heavy (non-hydrogen) atoms. The number of benzene rings is 2. The topological polar surface area (TPSA) is 112 Å². The van der Waals surface area contributed by atoms with Crippen molar-refractivity contribution in [3.63, 3.8) is 0 Å². The summed E-state index contributed by atoms with van der Waals surface area (Å²) >= 11 is 0. The summed E-state index contributed by atoms with van der Waals surface area (Å²) in [4.78, 5) is 32.1. The van der Waals surface area contributed by atoms with Crippen LogP contribution in [0.1, 0.15) is 71.1 Å². The van der Waals surface area contributed by atoms with Gasteiger partial charge in [-0.05, 0) is 79.3 Å². The Balaban J connectivity index is 1.53. The molecule has 0 fully saturated rings. The van der Waals surface area contributed by atoms with Gasteiger partial charge >= 0.3 is 6.03 Å². The molecule has 0 aliphatic carbocycles. The average molecular weight is 663 g/mol. The highest BCUT2D eigenvalue weighted by atomic mass is 16.5. The van der Waals surface area contributed by atoms with Crippen LogP contribution in [0.3, 0.4) is 0 Å². The van der Waals surface area contributed by atoms with Gasteiger partial charge in [0.15, 0.2) is 0 Å². The number of aromatic nitrogens is 4. The molecule has 0 aliphatic heterocycles. The fourth-order valence-electron chi connectivity index (χ4n) is 5.54. The predicted molar refractivity (Wildman–Crippen MR) is 194 cm³/mol. The molecule has 0 bridgehead atoms. The molecular weight excluding hydrogens is 616 g/mol. The summed E-state index contributed by atoms with van der Waals surface area (Å²) in [6.45, 7) is 13.7. The van der Waals surface area contributed by atoms with Crippen LogP contribution in [0.25, 0.3) is 11.1 Å². The van der Waals surface area contributed by atoms with Crippen LogP contribution in [0.2, 0.25) is 0 Å². The molecule has 5 rings (SSSR count). The molecule has 0 atom stereocenters. The van der Waals surface area contributed by atoms with E-state index in [2.05, 4.69) is 48.4 Å². The first-order chi connectivity index (χ1) is 23.5. The third-order valence-corrected chi connectivity index (χ3v) is 7.93. The van der Waals surface area contributed by atoms with E-state index in [-0.39, 0.29) is 22.8 Å². The van der Waals surface area contributed by atoms with Gasteiger partial charge in [0.25, 0.3) is 5.56 Å².